The molecule has 3 amide bonds. The molecule has 0 unspecified atom stereocenters. The summed E-state index contributed by atoms with van der Waals surface area (Å²) in [5.74, 6) is -0.00533. The summed E-state index contributed by atoms with van der Waals surface area (Å²) in [7, 11) is 0. The van der Waals surface area contributed by atoms with Crippen molar-refractivity contribution in [3.63, 3.8) is 0 Å². The number of nitrogens with zero attached hydrogens (tertiary/aromatic N) is 1. The number of nitrogens with one attached hydrogen (secondary N) is 2. The van der Waals surface area contributed by atoms with E-state index in [2.05, 4.69) is 10.6 Å². The summed E-state index contributed by atoms with van der Waals surface area (Å²) in [4.78, 5) is 23.5. The van der Waals surface area contributed by atoms with Crippen LogP contribution >= 0.6 is 0 Å². The lowest BCUT2D eigenvalue weighted by Crippen LogP contribution is -2.47. The van der Waals surface area contributed by atoms with Crippen molar-refractivity contribution in [2.24, 2.45) is 5.92 Å². The highest BCUT2D eigenvalue weighted by molar-refractivity contribution is 5.93. The maximum atomic E-state index is 11.9. The van der Waals surface area contributed by atoms with Crippen LogP contribution in [0.3, 0.4) is 0 Å². The van der Waals surface area contributed by atoms with E-state index in [1.807, 2.05) is 62.5 Å². The Kier molecular flexibility index (Phi) is 5.86. The molecule has 2 N–H and O–H groups in total. The lowest BCUT2D eigenvalue weighted by molar-refractivity contribution is -0.683. The van der Waals surface area contributed by atoms with Crippen molar-refractivity contribution >= 4 is 11.9 Å². The van der Waals surface area contributed by atoms with Crippen molar-refractivity contribution in [1.82, 2.24) is 10.6 Å². The first-order valence-corrected chi connectivity index (χ1v) is 7.67. The Labute approximate surface area is 136 Å². The molecule has 0 saturated carbocycles. The lowest BCUT2D eigenvalue weighted by Gasteiger charge is -2.07. The number of carbonyl (C=O) groups excluding carboxylic acids is 2. The second-order valence-electron chi connectivity index (χ2n) is 5.78. The fourth-order valence-corrected chi connectivity index (χ4v) is 2.09. The predicted octanol–water partition coefficient (Wildman–Crippen LogP) is 2.12. The maximum Gasteiger partial charge on any atom is 0.321 e. The smallest absolute Gasteiger partial charge is 0.321 e. The van der Waals surface area contributed by atoms with Gasteiger partial charge < -0.3 is 5.32 Å². The Hall–Kier alpha value is -2.69. The largest absolute Gasteiger partial charge is 0.338 e. The molecule has 0 saturated heterocycles. The topological polar surface area (TPSA) is 62.1 Å². The molecule has 2 aromatic rings. The van der Waals surface area contributed by atoms with Crippen LogP contribution in [0, 0.1) is 5.92 Å². The van der Waals surface area contributed by atoms with Crippen LogP contribution in [0.1, 0.15) is 13.8 Å². The lowest BCUT2D eigenvalue weighted by atomic mass is 10.1. The van der Waals surface area contributed by atoms with E-state index >= 15 is 0 Å². The SMILES string of the molecule is CC(C)CNC(=O)NC(=O)C[n+]1cccc(-c2ccccc2)c1. The molecule has 1 heterocycles. The molecule has 120 valence electrons. The molecule has 1 aromatic heterocycles. The van der Waals surface area contributed by atoms with E-state index in [0.717, 1.165) is 11.1 Å². The summed E-state index contributed by atoms with van der Waals surface area (Å²) in [6.45, 7) is 4.62. The summed E-state index contributed by atoms with van der Waals surface area (Å²) >= 11 is 0. The third-order valence-corrected chi connectivity index (χ3v) is 3.22. The summed E-state index contributed by atoms with van der Waals surface area (Å²) in [5.41, 5.74) is 2.10. The van der Waals surface area contributed by atoms with E-state index in [-0.39, 0.29) is 12.5 Å². The fourth-order valence-electron chi connectivity index (χ4n) is 2.09. The normalized spacial score (nSPS) is 10.4. The molecule has 0 fully saturated rings. The first kappa shape index (κ1) is 16.7. The van der Waals surface area contributed by atoms with Crippen LogP contribution in [0.2, 0.25) is 0 Å². The van der Waals surface area contributed by atoms with Crippen molar-refractivity contribution in [2.45, 2.75) is 20.4 Å². The van der Waals surface area contributed by atoms with E-state index in [4.69, 9.17) is 0 Å². The second kappa shape index (κ2) is 8.08. The van der Waals surface area contributed by atoms with Gasteiger partial charge in [-0.2, -0.15) is 4.57 Å². The number of urea groups is 1. The molecule has 0 atom stereocenters. The van der Waals surface area contributed by atoms with Crippen molar-refractivity contribution in [1.29, 1.82) is 0 Å². The Morgan fingerprint density at radius 2 is 1.74 bits per heavy atom. The van der Waals surface area contributed by atoms with Crippen LogP contribution in [0.5, 0.6) is 0 Å². The number of aromatic nitrogens is 1. The van der Waals surface area contributed by atoms with Crippen LogP contribution in [0.25, 0.3) is 11.1 Å². The maximum absolute atomic E-state index is 11.9. The van der Waals surface area contributed by atoms with E-state index in [1.165, 1.54) is 0 Å². The second-order valence-corrected chi connectivity index (χ2v) is 5.78. The van der Waals surface area contributed by atoms with Crippen LogP contribution in [0.4, 0.5) is 4.79 Å². The van der Waals surface area contributed by atoms with E-state index in [0.29, 0.717) is 12.5 Å². The molecule has 0 spiro atoms. The zero-order valence-electron chi connectivity index (χ0n) is 13.5. The summed E-state index contributed by atoms with van der Waals surface area (Å²) < 4.78 is 1.76. The van der Waals surface area contributed by atoms with Gasteiger partial charge in [0.2, 0.25) is 6.54 Å². The number of pyridine rings is 1. The van der Waals surface area contributed by atoms with Gasteiger partial charge in [-0.1, -0.05) is 44.2 Å². The average Bonchev–Trinajstić information content (AvgIpc) is 2.54. The van der Waals surface area contributed by atoms with Crippen molar-refractivity contribution < 1.29 is 14.2 Å². The number of amides is 3. The van der Waals surface area contributed by atoms with Gasteiger partial charge in [0.1, 0.15) is 0 Å². The Morgan fingerprint density at radius 3 is 2.43 bits per heavy atom. The highest BCUT2D eigenvalue weighted by Gasteiger charge is 2.13. The first-order valence-electron chi connectivity index (χ1n) is 7.67. The van der Waals surface area contributed by atoms with Gasteiger partial charge in [-0.05, 0) is 17.5 Å². The van der Waals surface area contributed by atoms with E-state index in [1.54, 1.807) is 10.8 Å². The number of benzene rings is 1. The Morgan fingerprint density at radius 1 is 1.04 bits per heavy atom. The average molecular weight is 312 g/mol. The number of imide groups is 1. The van der Waals surface area contributed by atoms with Crippen molar-refractivity contribution in [2.75, 3.05) is 6.54 Å². The number of hydrogen-bond donors (Lipinski definition) is 2. The summed E-state index contributed by atoms with van der Waals surface area (Å²) in [6, 6.07) is 13.3. The molecular formula is C18H22N3O2+. The first-order chi connectivity index (χ1) is 11.0. The van der Waals surface area contributed by atoms with Gasteiger partial charge in [-0.15, -0.1) is 0 Å². The summed E-state index contributed by atoms with van der Waals surface area (Å²) in [5, 5.41) is 4.99. The van der Waals surface area contributed by atoms with Gasteiger partial charge >= 0.3 is 6.03 Å². The van der Waals surface area contributed by atoms with E-state index < -0.39 is 6.03 Å². The Bertz CT molecular complexity index is 669. The minimum Gasteiger partial charge on any atom is -0.338 e. The third-order valence-electron chi connectivity index (χ3n) is 3.22. The zero-order chi connectivity index (χ0) is 16.7. The van der Waals surface area contributed by atoms with Crippen molar-refractivity contribution in [3.05, 3.63) is 54.9 Å². The quantitative estimate of drug-likeness (QED) is 0.831. The van der Waals surface area contributed by atoms with E-state index in [9.17, 15) is 9.59 Å². The third kappa shape index (κ3) is 5.54. The molecule has 0 aliphatic heterocycles. The van der Waals surface area contributed by atoms with Crippen LogP contribution < -0.4 is 15.2 Å². The highest BCUT2D eigenvalue weighted by Crippen LogP contribution is 2.15. The molecule has 2 rings (SSSR count). The van der Waals surface area contributed by atoms with Crippen LogP contribution in [-0.4, -0.2) is 18.5 Å². The van der Waals surface area contributed by atoms with Gasteiger partial charge in [0.15, 0.2) is 12.4 Å². The minimum atomic E-state index is -0.455. The van der Waals surface area contributed by atoms with Gasteiger partial charge in [-0.25, -0.2) is 4.79 Å². The molecule has 0 aliphatic rings. The minimum absolute atomic E-state index is 0.0930. The highest BCUT2D eigenvalue weighted by atomic mass is 16.2. The molecule has 5 heteroatoms. The van der Waals surface area contributed by atoms with Gasteiger partial charge in [0.25, 0.3) is 5.91 Å². The molecule has 0 bridgehead atoms. The Balaban J connectivity index is 1.95. The molecule has 0 aliphatic carbocycles. The standard InChI is InChI=1S/C18H21N3O2/c1-14(2)11-19-18(23)20-17(22)13-21-10-6-9-16(12-21)15-7-4-3-5-8-15/h3-10,12,14H,11,13H2,1-2H3,(H-,19,20,22,23)/p+1. The zero-order valence-corrected chi connectivity index (χ0v) is 13.5. The number of hydrogen-bond acceptors (Lipinski definition) is 2. The summed E-state index contributed by atoms with van der Waals surface area (Å²) in [6.07, 6.45) is 3.69. The van der Waals surface area contributed by atoms with Crippen LogP contribution in [-0.2, 0) is 11.3 Å². The molecular weight excluding hydrogens is 290 g/mol. The molecule has 23 heavy (non-hydrogen) atoms. The number of carbonyl (C=O) groups is 2. The predicted molar refractivity (Wildman–Crippen MR) is 88.5 cm³/mol. The van der Waals surface area contributed by atoms with Gasteiger partial charge in [0.05, 0.1) is 0 Å². The van der Waals surface area contributed by atoms with Crippen molar-refractivity contribution in [3.8, 4) is 11.1 Å². The van der Waals surface area contributed by atoms with Gasteiger partial charge in [0, 0.05) is 18.2 Å². The van der Waals surface area contributed by atoms with Gasteiger partial charge in [-0.3, -0.25) is 10.1 Å². The number of rotatable bonds is 5. The van der Waals surface area contributed by atoms with Crippen LogP contribution in [0.15, 0.2) is 54.9 Å². The molecule has 0 radical (unpaired) electrons. The molecule has 5 nitrogen and oxygen atoms in total. The molecule has 1 aromatic carbocycles. The fraction of sp³-hybridized carbons (Fsp3) is 0.278. The monoisotopic (exact) mass is 312 g/mol.